The minimum atomic E-state index is -3.45. The van der Waals surface area contributed by atoms with E-state index >= 15 is 0 Å². The van der Waals surface area contributed by atoms with Crippen LogP contribution in [-0.4, -0.2) is 19.1 Å². The van der Waals surface area contributed by atoms with Crippen LogP contribution >= 0.6 is 0 Å². The second-order valence-corrected chi connectivity index (χ2v) is 4.80. The molecule has 5 nitrogen and oxygen atoms in total. The monoisotopic (exact) mass is 227 g/mol. The van der Waals surface area contributed by atoms with E-state index in [1.165, 1.54) is 12.1 Å². The van der Waals surface area contributed by atoms with Gasteiger partial charge in [0.25, 0.3) is 0 Å². The molecular formula is C9H9NO4S. The lowest BCUT2D eigenvalue weighted by Crippen LogP contribution is -2.04. The molecular weight excluding hydrogens is 218 g/mol. The first-order valence-electron chi connectivity index (χ1n) is 4.10. The molecule has 0 unspecified atom stereocenters. The predicted molar refractivity (Wildman–Crippen MR) is 54.6 cm³/mol. The Kier molecular flexibility index (Phi) is 3.56. The molecule has 0 aliphatic heterocycles. The van der Waals surface area contributed by atoms with Gasteiger partial charge in [0.2, 0.25) is 6.20 Å². The molecule has 0 atom stereocenters. The van der Waals surface area contributed by atoms with Crippen molar-refractivity contribution in [1.82, 2.24) is 0 Å². The van der Waals surface area contributed by atoms with Gasteiger partial charge in [0.1, 0.15) is 0 Å². The smallest absolute Gasteiger partial charge is 0.231 e. The van der Waals surface area contributed by atoms with Crippen LogP contribution in [0.5, 0.6) is 0 Å². The molecule has 0 aliphatic carbocycles. The number of hydrogen-bond donors (Lipinski definition) is 0. The van der Waals surface area contributed by atoms with Crippen molar-refractivity contribution in [2.75, 3.05) is 5.75 Å². The summed E-state index contributed by atoms with van der Waals surface area (Å²) >= 11 is 0. The Morgan fingerprint density at radius 2 is 1.87 bits per heavy atom. The van der Waals surface area contributed by atoms with E-state index in [1.54, 1.807) is 18.2 Å². The summed E-state index contributed by atoms with van der Waals surface area (Å²) in [6.45, 7) is 0. The fourth-order valence-corrected chi connectivity index (χ4v) is 2.08. The highest BCUT2D eigenvalue weighted by atomic mass is 32.2. The number of nitrogens with zero attached hydrogens (tertiary/aromatic N) is 1. The Hall–Kier alpha value is -1.69. The van der Waals surface area contributed by atoms with E-state index in [0.717, 1.165) is 6.08 Å². The van der Waals surface area contributed by atoms with Crippen LogP contribution in [0.25, 0.3) is 0 Å². The molecule has 0 spiro atoms. The maximum absolute atomic E-state index is 11.5. The fourth-order valence-electron chi connectivity index (χ4n) is 0.980. The molecule has 0 N–H and O–H groups in total. The third kappa shape index (κ3) is 3.51. The lowest BCUT2D eigenvalue weighted by atomic mass is 10.4. The zero-order valence-corrected chi connectivity index (χ0v) is 8.55. The van der Waals surface area contributed by atoms with Crippen molar-refractivity contribution in [1.29, 1.82) is 0 Å². The third-order valence-electron chi connectivity index (χ3n) is 1.65. The van der Waals surface area contributed by atoms with Gasteiger partial charge in [-0.1, -0.05) is 18.2 Å². The van der Waals surface area contributed by atoms with Gasteiger partial charge >= 0.3 is 0 Å². The summed E-state index contributed by atoms with van der Waals surface area (Å²) in [4.78, 5) is 9.42. The lowest BCUT2D eigenvalue weighted by Gasteiger charge is -1.98. The molecule has 15 heavy (non-hydrogen) atoms. The molecule has 80 valence electrons. The van der Waals surface area contributed by atoms with Gasteiger partial charge in [0.15, 0.2) is 9.84 Å². The van der Waals surface area contributed by atoms with E-state index in [9.17, 15) is 18.5 Å². The normalized spacial score (nSPS) is 11.7. The summed E-state index contributed by atoms with van der Waals surface area (Å²) in [5.74, 6) is -0.363. The van der Waals surface area contributed by atoms with E-state index in [4.69, 9.17) is 0 Å². The molecule has 6 heteroatoms. The lowest BCUT2D eigenvalue weighted by molar-refractivity contribution is -0.402. The topological polar surface area (TPSA) is 77.3 Å². The van der Waals surface area contributed by atoms with E-state index in [0.29, 0.717) is 6.20 Å². The second-order valence-electron chi connectivity index (χ2n) is 2.76. The summed E-state index contributed by atoms with van der Waals surface area (Å²) in [7, 11) is -3.45. The Balaban J connectivity index is 2.82. The van der Waals surface area contributed by atoms with Crippen LogP contribution in [-0.2, 0) is 9.84 Å². The van der Waals surface area contributed by atoms with Gasteiger partial charge in [-0.2, -0.15) is 0 Å². The molecule has 0 fully saturated rings. The average Bonchev–Trinajstić information content (AvgIpc) is 2.18. The molecule has 0 aromatic heterocycles. The number of hydrogen-bond acceptors (Lipinski definition) is 4. The van der Waals surface area contributed by atoms with Crippen LogP contribution in [0.3, 0.4) is 0 Å². The maximum Gasteiger partial charge on any atom is 0.231 e. The standard InChI is InChI=1S/C9H9NO4S/c11-10(12)7-4-8-15(13,14)9-5-2-1-3-6-9/h1-7H,8H2. The van der Waals surface area contributed by atoms with E-state index in [1.807, 2.05) is 0 Å². The largest absolute Gasteiger partial charge is 0.259 e. The molecule has 1 aromatic rings. The highest BCUT2D eigenvalue weighted by Gasteiger charge is 2.11. The van der Waals surface area contributed by atoms with Crippen LogP contribution < -0.4 is 0 Å². The zero-order chi connectivity index (χ0) is 11.3. The number of sulfone groups is 1. The van der Waals surface area contributed by atoms with Crippen LogP contribution in [0, 0.1) is 10.1 Å². The predicted octanol–water partition coefficient (Wildman–Crippen LogP) is 1.25. The van der Waals surface area contributed by atoms with Crippen molar-refractivity contribution < 1.29 is 13.3 Å². The number of benzene rings is 1. The number of nitro groups is 1. The van der Waals surface area contributed by atoms with E-state index in [2.05, 4.69) is 0 Å². The molecule has 0 saturated carbocycles. The van der Waals surface area contributed by atoms with Gasteiger partial charge in [-0.25, -0.2) is 8.42 Å². The highest BCUT2D eigenvalue weighted by Crippen LogP contribution is 2.09. The first-order valence-corrected chi connectivity index (χ1v) is 5.75. The van der Waals surface area contributed by atoms with Crippen LogP contribution in [0.15, 0.2) is 47.5 Å². The summed E-state index contributed by atoms with van der Waals surface area (Å²) in [6.07, 6.45) is 1.64. The Morgan fingerprint density at radius 3 is 2.40 bits per heavy atom. The molecule has 0 heterocycles. The van der Waals surface area contributed by atoms with E-state index in [-0.39, 0.29) is 10.6 Å². The first-order chi connectivity index (χ1) is 7.02. The molecule has 0 aliphatic rings. The summed E-state index contributed by atoms with van der Waals surface area (Å²) in [6, 6.07) is 7.81. The SMILES string of the molecule is O=[N+]([O-])C=CCS(=O)(=O)c1ccccc1. The highest BCUT2D eigenvalue weighted by molar-refractivity contribution is 7.91. The molecule has 1 rings (SSSR count). The minimum absolute atomic E-state index is 0.165. The summed E-state index contributed by atoms with van der Waals surface area (Å²) in [5, 5.41) is 9.95. The van der Waals surface area contributed by atoms with Crippen molar-refractivity contribution in [3.63, 3.8) is 0 Å². The quantitative estimate of drug-likeness (QED) is 0.573. The van der Waals surface area contributed by atoms with Gasteiger partial charge in [0, 0.05) is 6.08 Å². The van der Waals surface area contributed by atoms with Gasteiger partial charge in [0.05, 0.1) is 15.6 Å². The Labute approximate surface area is 87.1 Å². The molecule has 0 radical (unpaired) electrons. The van der Waals surface area contributed by atoms with Crippen molar-refractivity contribution in [3.8, 4) is 0 Å². The zero-order valence-electron chi connectivity index (χ0n) is 7.74. The molecule has 0 amide bonds. The van der Waals surface area contributed by atoms with Gasteiger partial charge in [-0.15, -0.1) is 0 Å². The fraction of sp³-hybridized carbons (Fsp3) is 0.111. The first kappa shape index (κ1) is 11.4. The minimum Gasteiger partial charge on any atom is -0.259 e. The molecule has 0 bridgehead atoms. The van der Waals surface area contributed by atoms with E-state index < -0.39 is 14.8 Å². The van der Waals surface area contributed by atoms with Gasteiger partial charge < -0.3 is 0 Å². The third-order valence-corrected chi connectivity index (χ3v) is 3.27. The number of rotatable bonds is 4. The van der Waals surface area contributed by atoms with Crippen molar-refractivity contribution in [2.24, 2.45) is 0 Å². The Morgan fingerprint density at radius 1 is 1.27 bits per heavy atom. The molecule has 0 saturated heterocycles. The maximum atomic E-state index is 11.5. The van der Waals surface area contributed by atoms with Crippen molar-refractivity contribution >= 4 is 9.84 Å². The summed E-state index contributed by atoms with van der Waals surface area (Å²) in [5.41, 5.74) is 0. The van der Waals surface area contributed by atoms with Crippen molar-refractivity contribution in [3.05, 3.63) is 52.7 Å². The van der Waals surface area contributed by atoms with Crippen molar-refractivity contribution in [2.45, 2.75) is 4.90 Å². The summed E-state index contributed by atoms with van der Waals surface area (Å²) < 4.78 is 23.1. The Bertz CT molecular complexity index is 464. The molecule has 1 aromatic carbocycles. The van der Waals surface area contributed by atoms with Gasteiger partial charge in [-0.05, 0) is 12.1 Å². The van der Waals surface area contributed by atoms with Crippen LogP contribution in [0.2, 0.25) is 0 Å². The van der Waals surface area contributed by atoms with Crippen LogP contribution in [0.4, 0.5) is 0 Å². The van der Waals surface area contributed by atoms with Gasteiger partial charge in [-0.3, -0.25) is 10.1 Å². The average molecular weight is 227 g/mol. The van der Waals surface area contributed by atoms with Crippen LogP contribution in [0.1, 0.15) is 0 Å². The second kappa shape index (κ2) is 4.70.